The minimum atomic E-state index is -1.20. The van der Waals surface area contributed by atoms with Crippen LogP contribution in [0.15, 0.2) is 51.8 Å². The molecule has 8 nitrogen and oxygen atoms in total. The van der Waals surface area contributed by atoms with Crippen molar-refractivity contribution in [3.63, 3.8) is 0 Å². The second-order valence-electron chi connectivity index (χ2n) is 6.93. The van der Waals surface area contributed by atoms with Gasteiger partial charge in [0.05, 0.1) is 25.6 Å². The van der Waals surface area contributed by atoms with Crippen molar-refractivity contribution in [2.75, 3.05) is 23.7 Å². The van der Waals surface area contributed by atoms with Gasteiger partial charge in [-0.2, -0.15) is 4.98 Å². The van der Waals surface area contributed by atoms with Crippen molar-refractivity contribution < 1.29 is 19.0 Å². The van der Waals surface area contributed by atoms with Gasteiger partial charge in [-0.3, -0.25) is 0 Å². The summed E-state index contributed by atoms with van der Waals surface area (Å²) >= 11 is 0. The van der Waals surface area contributed by atoms with Crippen LogP contribution in [0.2, 0.25) is 0 Å². The highest BCUT2D eigenvalue weighted by Crippen LogP contribution is 2.24. The van der Waals surface area contributed by atoms with Crippen LogP contribution in [-0.4, -0.2) is 33.3 Å². The molecule has 4 N–H and O–H groups in total. The SMILES string of the molecule is Cc1cnc(NCC(C)(O)c2ccco2)nc1NCC(C)(O)c1ccco1. The maximum atomic E-state index is 10.6. The van der Waals surface area contributed by atoms with E-state index >= 15 is 0 Å². The normalized spacial score (nSPS) is 15.7. The van der Waals surface area contributed by atoms with E-state index in [4.69, 9.17) is 8.83 Å². The lowest BCUT2D eigenvalue weighted by molar-refractivity contribution is 0.0474. The Bertz CT molecular complexity index is 858. The van der Waals surface area contributed by atoms with Crippen LogP contribution in [0, 0.1) is 6.92 Å². The van der Waals surface area contributed by atoms with Crippen molar-refractivity contribution in [1.82, 2.24) is 9.97 Å². The van der Waals surface area contributed by atoms with E-state index < -0.39 is 11.2 Å². The molecule has 0 aromatic carbocycles. The lowest BCUT2D eigenvalue weighted by Crippen LogP contribution is -2.32. The van der Waals surface area contributed by atoms with Gasteiger partial charge in [0.25, 0.3) is 0 Å². The van der Waals surface area contributed by atoms with E-state index in [1.807, 2.05) is 6.92 Å². The number of aliphatic hydroxyl groups is 2. The van der Waals surface area contributed by atoms with E-state index in [2.05, 4.69) is 20.6 Å². The first-order chi connectivity index (χ1) is 12.8. The first kappa shape index (κ1) is 18.9. The van der Waals surface area contributed by atoms with E-state index in [9.17, 15) is 10.2 Å². The molecule has 0 radical (unpaired) electrons. The largest absolute Gasteiger partial charge is 0.466 e. The molecule has 2 atom stereocenters. The van der Waals surface area contributed by atoms with Crippen molar-refractivity contribution in [1.29, 1.82) is 0 Å². The van der Waals surface area contributed by atoms with E-state index in [0.717, 1.165) is 5.56 Å². The van der Waals surface area contributed by atoms with Gasteiger partial charge in [0.15, 0.2) is 0 Å². The summed E-state index contributed by atoms with van der Waals surface area (Å²) in [5.41, 5.74) is -1.56. The molecule has 3 aromatic heterocycles. The fourth-order valence-electron chi connectivity index (χ4n) is 2.56. The number of hydrogen-bond donors (Lipinski definition) is 4. The molecule has 0 saturated carbocycles. The van der Waals surface area contributed by atoms with Crippen LogP contribution >= 0.6 is 0 Å². The first-order valence-corrected chi connectivity index (χ1v) is 8.62. The molecule has 3 heterocycles. The maximum Gasteiger partial charge on any atom is 0.224 e. The molecule has 3 rings (SSSR count). The minimum absolute atomic E-state index is 0.174. The lowest BCUT2D eigenvalue weighted by atomic mass is 10.0. The van der Waals surface area contributed by atoms with Crippen molar-refractivity contribution in [3.8, 4) is 0 Å². The number of aryl methyl sites for hydroxylation is 1. The smallest absolute Gasteiger partial charge is 0.224 e. The zero-order valence-electron chi connectivity index (χ0n) is 15.6. The van der Waals surface area contributed by atoms with Gasteiger partial charge in [0.2, 0.25) is 5.95 Å². The third-order valence-electron chi connectivity index (χ3n) is 4.27. The van der Waals surface area contributed by atoms with Crippen molar-refractivity contribution in [2.24, 2.45) is 0 Å². The van der Waals surface area contributed by atoms with Gasteiger partial charge < -0.3 is 29.7 Å². The summed E-state index contributed by atoms with van der Waals surface area (Å²) < 4.78 is 10.5. The molecule has 0 fully saturated rings. The van der Waals surface area contributed by atoms with Crippen molar-refractivity contribution in [3.05, 3.63) is 60.1 Å². The Morgan fingerprint density at radius 3 is 2.04 bits per heavy atom. The Hall–Kier alpha value is -2.84. The van der Waals surface area contributed by atoms with Gasteiger partial charge in [-0.25, -0.2) is 4.98 Å². The average molecular weight is 372 g/mol. The summed E-state index contributed by atoms with van der Waals surface area (Å²) in [6, 6.07) is 6.88. The Kier molecular flexibility index (Phi) is 5.20. The summed E-state index contributed by atoms with van der Waals surface area (Å²) in [4.78, 5) is 8.66. The molecule has 0 spiro atoms. The van der Waals surface area contributed by atoms with Crippen molar-refractivity contribution >= 4 is 11.8 Å². The number of rotatable bonds is 8. The zero-order chi connectivity index (χ0) is 19.5. The van der Waals surface area contributed by atoms with Gasteiger partial charge in [-0.05, 0) is 45.0 Å². The van der Waals surface area contributed by atoms with Crippen LogP contribution in [0.25, 0.3) is 0 Å². The lowest BCUT2D eigenvalue weighted by Gasteiger charge is -2.23. The molecule has 2 unspecified atom stereocenters. The number of anilines is 2. The zero-order valence-corrected chi connectivity index (χ0v) is 15.6. The fraction of sp³-hybridized carbons (Fsp3) is 0.368. The van der Waals surface area contributed by atoms with E-state index in [1.54, 1.807) is 44.3 Å². The van der Waals surface area contributed by atoms with Gasteiger partial charge in [-0.15, -0.1) is 0 Å². The molecule has 0 aliphatic carbocycles. The number of nitrogens with zero attached hydrogens (tertiary/aromatic N) is 2. The van der Waals surface area contributed by atoms with Gasteiger partial charge >= 0.3 is 0 Å². The van der Waals surface area contributed by atoms with E-state index in [-0.39, 0.29) is 13.1 Å². The van der Waals surface area contributed by atoms with Gasteiger partial charge in [-0.1, -0.05) is 0 Å². The Balaban J connectivity index is 1.66. The minimum Gasteiger partial charge on any atom is -0.466 e. The second kappa shape index (κ2) is 7.42. The quantitative estimate of drug-likeness (QED) is 0.477. The van der Waals surface area contributed by atoms with Crippen LogP contribution in [0.3, 0.4) is 0 Å². The monoisotopic (exact) mass is 372 g/mol. The molecular weight excluding hydrogens is 348 g/mol. The standard InChI is InChI=1S/C19H24N4O4/c1-13-10-20-17(22-12-19(3,25)15-7-5-9-27-15)23-16(13)21-11-18(2,24)14-6-4-8-26-14/h4-10,24-25H,11-12H2,1-3H3,(H2,20,21,22,23). The second-order valence-corrected chi connectivity index (χ2v) is 6.93. The van der Waals surface area contributed by atoms with E-state index in [1.165, 1.54) is 12.5 Å². The number of nitrogens with one attached hydrogen (secondary N) is 2. The number of aromatic nitrogens is 2. The summed E-state index contributed by atoms with van der Waals surface area (Å²) in [7, 11) is 0. The summed E-state index contributed by atoms with van der Waals surface area (Å²) in [5, 5.41) is 27.2. The van der Waals surface area contributed by atoms with Crippen LogP contribution in [0.5, 0.6) is 0 Å². The van der Waals surface area contributed by atoms with Crippen LogP contribution in [0.4, 0.5) is 11.8 Å². The van der Waals surface area contributed by atoms with Gasteiger partial charge in [0, 0.05) is 11.8 Å². The molecular formula is C19H24N4O4. The van der Waals surface area contributed by atoms with E-state index in [0.29, 0.717) is 23.3 Å². The Labute approximate surface area is 157 Å². The third-order valence-corrected chi connectivity index (χ3v) is 4.27. The average Bonchev–Trinajstić information content (AvgIpc) is 3.33. The number of hydrogen-bond acceptors (Lipinski definition) is 8. The summed E-state index contributed by atoms with van der Waals surface area (Å²) in [6.45, 7) is 5.56. The maximum absolute atomic E-state index is 10.6. The Morgan fingerprint density at radius 2 is 1.52 bits per heavy atom. The molecule has 8 heteroatoms. The molecule has 0 saturated heterocycles. The molecule has 0 aliphatic rings. The molecule has 0 aliphatic heterocycles. The van der Waals surface area contributed by atoms with Crippen LogP contribution in [0.1, 0.15) is 30.9 Å². The molecule has 3 aromatic rings. The molecule has 144 valence electrons. The molecule has 27 heavy (non-hydrogen) atoms. The highest BCUT2D eigenvalue weighted by atomic mass is 16.4. The topological polar surface area (TPSA) is 117 Å². The van der Waals surface area contributed by atoms with Crippen molar-refractivity contribution in [2.45, 2.75) is 32.0 Å². The third kappa shape index (κ3) is 4.47. The fourth-order valence-corrected chi connectivity index (χ4v) is 2.56. The van der Waals surface area contributed by atoms with Crippen LogP contribution in [-0.2, 0) is 11.2 Å². The summed E-state index contributed by atoms with van der Waals surface area (Å²) in [5.74, 6) is 1.86. The predicted octanol–water partition coefficient (Wildman–Crippen LogP) is 2.61. The molecule has 0 bridgehead atoms. The highest BCUT2D eigenvalue weighted by Gasteiger charge is 2.27. The van der Waals surface area contributed by atoms with Crippen LogP contribution < -0.4 is 10.6 Å². The number of furan rings is 2. The highest BCUT2D eigenvalue weighted by molar-refractivity contribution is 5.47. The predicted molar refractivity (Wildman–Crippen MR) is 100 cm³/mol. The first-order valence-electron chi connectivity index (χ1n) is 8.62. The molecule has 0 amide bonds. The van der Waals surface area contributed by atoms with Gasteiger partial charge in [0.1, 0.15) is 28.5 Å². The Morgan fingerprint density at radius 1 is 0.963 bits per heavy atom. The summed E-state index contributed by atoms with van der Waals surface area (Å²) in [6.07, 6.45) is 4.70.